The molecule has 26 heavy (non-hydrogen) atoms. The maximum atomic E-state index is 13.4. The number of rotatable bonds is 3. The minimum atomic E-state index is -1.02. The van der Waals surface area contributed by atoms with E-state index in [0.29, 0.717) is 25.9 Å². The fourth-order valence-electron chi connectivity index (χ4n) is 3.61. The van der Waals surface area contributed by atoms with Gasteiger partial charge >= 0.3 is 5.69 Å². The highest BCUT2D eigenvalue weighted by Gasteiger charge is 2.34. The van der Waals surface area contributed by atoms with Crippen molar-refractivity contribution < 1.29 is 13.6 Å². The number of aromatic nitrogens is 3. The molecule has 0 bridgehead atoms. The van der Waals surface area contributed by atoms with Crippen molar-refractivity contribution in [2.75, 3.05) is 13.1 Å². The Labute approximate surface area is 149 Å². The van der Waals surface area contributed by atoms with Gasteiger partial charge in [-0.1, -0.05) is 0 Å². The van der Waals surface area contributed by atoms with Gasteiger partial charge in [0, 0.05) is 37.7 Å². The molecule has 2 heterocycles. The number of amides is 1. The number of hydrogen-bond acceptors (Lipinski definition) is 3. The van der Waals surface area contributed by atoms with Crippen molar-refractivity contribution in [3.8, 4) is 0 Å². The zero-order valence-corrected chi connectivity index (χ0v) is 14.5. The zero-order chi connectivity index (χ0) is 18.4. The summed E-state index contributed by atoms with van der Waals surface area (Å²) < 4.78 is 29.6. The second kappa shape index (κ2) is 6.34. The van der Waals surface area contributed by atoms with Crippen LogP contribution in [0.1, 0.15) is 53.8 Å². The molecular weight excluding hydrogens is 342 g/mol. The molecule has 0 unspecified atom stereocenters. The van der Waals surface area contributed by atoms with Crippen LogP contribution in [0, 0.1) is 11.6 Å². The molecule has 0 atom stereocenters. The number of carbonyl (C=O) groups excluding carboxylic acids is 1. The molecule has 1 saturated carbocycles. The summed E-state index contributed by atoms with van der Waals surface area (Å²) in [6, 6.07) is 3.47. The first kappa shape index (κ1) is 16.9. The topological polar surface area (TPSA) is 60.1 Å². The van der Waals surface area contributed by atoms with Gasteiger partial charge in [0.15, 0.2) is 11.6 Å². The van der Waals surface area contributed by atoms with Gasteiger partial charge < -0.3 is 4.90 Å². The van der Waals surface area contributed by atoms with E-state index in [1.54, 1.807) is 16.5 Å². The van der Waals surface area contributed by atoms with Gasteiger partial charge in [0.05, 0.1) is 0 Å². The van der Waals surface area contributed by atoms with E-state index in [1.807, 2.05) is 0 Å². The Morgan fingerprint density at radius 2 is 1.81 bits per heavy atom. The number of carbonyl (C=O) groups is 1. The molecule has 2 aliphatic rings. The SMILES string of the molecule is Cn1nc(C2CCN(C(=O)c3ccc(F)c(F)c3)CC2)n(C2CC2)c1=O. The number of benzene rings is 1. The summed E-state index contributed by atoms with van der Waals surface area (Å²) in [4.78, 5) is 26.4. The number of aryl methyl sites for hydroxylation is 1. The van der Waals surface area contributed by atoms with Crippen LogP contribution in [-0.2, 0) is 7.05 Å². The highest BCUT2D eigenvalue weighted by atomic mass is 19.2. The van der Waals surface area contributed by atoms with E-state index in [9.17, 15) is 18.4 Å². The number of piperidine rings is 1. The predicted molar refractivity (Wildman–Crippen MR) is 90.0 cm³/mol. The van der Waals surface area contributed by atoms with Crippen LogP contribution in [0.25, 0.3) is 0 Å². The summed E-state index contributed by atoms with van der Waals surface area (Å²) in [7, 11) is 1.66. The quantitative estimate of drug-likeness (QED) is 0.841. The van der Waals surface area contributed by atoms with Crippen LogP contribution in [0.5, 0.6) is 0 Å². The molecule has 1 aromatic carbocycles. The predicted octanol–water partition coefficient (Wildman–Crippen LogP) is 2.21. The monoisotopic (exact) mass is 362 g/mol. The van der Waals surface area contributed by atoms with E-state index in [4.69, 9.17) is 0 Å². The Hall–Kier alpha value is -2.51. The maximum Gasteiger partial charge on any atom is 0.345 e. The Kier molecular flexibility index (Phi) is 4.13. The Morgan fingerprint density at radius 3 is 2.42 bits per heavy atom. The lowest BCUT2D eigenvalue weighted by Crippen LogP contribution is -2.38. The second-order valence-electron chi connectivity index (χ2n) is 7.06. The van der Waals surface area contributed by atoms with Crippen molar-refractivity contribution in [2.24, 2.45) is 7.05 Å². The molecule has 1 amide bonds. The number of halogens is 2. The van der Waals surface area contributed by atoms with E-state index in [0.717, 1.165) is 30.8 Å². The fourth-order valence-corrected chi connectivity index (χ4v) is 3.61. The van der Waals surface area contributed by atoms with Crippen LogP contribution >= 0.6 is 0 Å². The lowest BCUT2D eigenvalue weighted by Gasteiger charge is -2.31. The summed E-state index contributed by atoms with van der Waals surface area (Å²) in [6.45, 7) is 0.996. The maximum absolute atomic E-state index is 13.4. The Morgan fingerprint density at radius 1 is 1.12 bits per heavy atom. The van der Waals surface area contributed by atoms with Gasteiger partial charge in [0.25, 0.3) is 5.91 Å². The molecule has 0 radical (unpaired) electrons. The number of likely N-dealkylation sites (tertiary alicyclic amines) is 1. The van der Waals surface area contributed by atoms with E-state index in [2.05, 4.69) is 5.10 Å². The molecule has 1 aliphatic carbocycles. The first-order valence-electron chi connectivity index (χ1n) is 8.85. The van der Waals surface area contributed by atoms with Crippen molar-refractivity contribution in [3.63, 3.8) is 0 Å². The normalized spacial score (nSPS) is 18.3. The third-order valence-corrected chi connectivity index (χ3v) is 5.21. The lowest BCUT2D eigenvalue weighted by molar-refractivity contribution is 0.0709. The van der Waals surface area contributed by atoms with Crippen molar-refractivity contribution in [3.05, 3.63) is 51.7 Å². The minimum Gasteiger partial charge on any atom is -0.339 e. The summed E-state index contributed by atoms with van der Waals surface area (Å²) in [5, 5.41) is 4.42. The van der Waals surface area contributed by atoms with Gasteiger partial charge in [0.1, 0.15) is 5.82 Å². The van der Waals surface area contributed by atoms with Gasteiger partial charge in [-0.3, -0.25) is 9.36 Å². The van der Waals surface area contributed by atoms with E-state index in [-0.39, 0.29) is 29.1 Å². The van der Waals surface area contributed by atoms with Crippen LogP contribution in [0.2, 0.25) is 0 Å². The largest absolute Gasteiger partial charge is 0.345 e. The van der Waals surface area contributed by atoms with Crippen molar-refractivity contribution in [2.45, 2.75) is 37.6 Å². The highest BCUT2D eigenvalue weighted by Crippen LogP contribution is 2.37. The van der Waals surface area contributed by atoms with Gasteiger partial charge in [-0.25, -0.2) is 18.3 Å². The Bertz CT molecular complexity index is 908. The molecular formula is C18H20F2N4O2. The molecule has 1 aliphatic heterocycles. The van der Waals surface area contributed by atoms with E-state index in [1.165, 1.54) is 10.7 Å². The number of nitrogens with zero attached hydrogens (tertiary/aromatic N) is 4. The second-order valence-corrected chi connectivity index (χ2v) is 7.06. The minimum absolute atomic E-state index is 0.0807. The van der Waals surface area contributed by atoms with Crippen molar-refractivity contribution >= 4 is 5.91 Å². The zero-order valence-electron chi connectivity index (χ0n) is 14.5. The molecule has 0 spiro atoms. The van der Waals surface area contributed by atoms with Crippen LogP contribution < -0.4 is 5.69 Å². The summed E-state index contributed by atoms with van der Waals surface area (Å²) in [5.74, 6) is -1.36. The fraction of sp³-hybridized carbons (Fsp3) is 0.500. The molecule has 2 fully saturated rings. The third kappa shape index (κ3) is 2.93. The Balaban J connectivity index is 1.48. The summed E-state index contributed by atoms with van der Waals surface area (Å²) >= 11 is 0. The molecule has 138 valence electrons. The van der Waals surface area contributed by atoms with Gasteiger partial charge in [-0.05, 0) is 43.9 Å². The van der Waals surface area contributed by atoms with Crippen LogP contribution in [0.4, 0.5) is 8.78 Å². The molecule has 1 aromatic heterocycles. The third-order valence-electron chi connectivity index (χ3n) is 5.21. The van der Waals surface area contributed by atoms with Crippen molar-refractivity contribution in [1.82, 2.24) is 19.2 Å². The highest BCUT2D eigenvalue weighted by molar-refractivity contribution is 5.94. The average molecular weight is 362 g/mol. The van der Waals surface area contributed by atoms with Crippen molar-refractivity contribution in [1.29, 1.82) is 0 Å². The average Bonchev–Trinajstić information content (AvgIpc) is 3.43. The van der Waals surface area contributed by atoms with Crippen LogP contribution in [-0.4, -0.2) is 38.2 Å². The smallest absolute Gasteiger partial charge is 0.339 e. The first-order chi connectivity index (χ1) is 12.5. The molecule has 0 N–H and O–H groups in total. The van der Waals surface area contributed by atoms with Gasteiger partial charge in [0.2, 0.25) is 0 Å². The first-order valence-corrected chi connectivity index (χ1v) is 8.85. The number of hydrogen-bond donors (Lipinski definition) is 0. The molecule has 2 aromatic rings. The molecule has 4 rings (SSSR count). The molecule has 8 heteroatoms. The molecule has 6 nitrogen and oxygen atoms in total. The molecule has 1 saturated heterocycles. The van der Waals surface area contributed by atoms with Gasteiger partial charge in [-0.15, -0.1) is 0 Å². The van der Waals surface area contributed by atoms with Crippen LogP contribution in [0.3, 0.4) is 0 Å². The van der Waals surface area contributed by atoms with E-state index >= 15 is 0 Å². The summed E-state index contributed by atoms with van der Waals surface area (Å²) in [5.41, 5.74) is 0.0675. The van der Waals surface area contributed by atoms with Gasteiger partial charge in [-0.2, -0.15) is 5.10 Å². The lowest BCUT2D eigenvalue weighted by atomic mass is 9.95. The van der Waals surface area contributed by atoms with Crippen LogP contribution in [0.15, 0.2) is 23.0 Å². The summed E-state index contributed by atoms with van der Waals surface area (Å²) in [6.07, 6.45) is 3.40. The van der Waals surface area contributed by atoms with E-state index < -0.39 is 11.6 Å². The standard InChI is InChI=1S/C18H20F2N4O2/c1-22-18(26)24(13-3-4-13)16(21-22)11-6-8-23(9-7-11)17(25)12-2-5-14(19)15(20)10-12/h2,5,10-11,13H,3-4,6-9H2,1H3.